The lowest BCUT2D eigenvalue weighted by atomic mass is 10.1. The molecule has 2 amide bonds. The third-order valence-electron chi connectivity index (χ3n) is 7.03. The number of sulfonamides is 1. The van der Waals surface area contributed by atoms with Crippen LogP contribution >= 0.6 is 0 Å². The maximum Gasteiger partial charge on any atom is 0.265 e. The molecule has 1 heterocycles. The number of rotatable bonds is 10. The van der Waals surface area contributed by atoms with Gasteiger partial charge in [-0.05, 0) is 73.9 Å². The fourth-order valence-corrected chi connectivity index (χ4v) is 5.84. The summed E-state index contributed by atoms with van der Waals surface area (Å²) in [5, 5.41) is 2.90. The zero-order chi connectivity index (χ0) is 30.4. The van der Waals surface area contributed by atoms with Gasteiger partial charge in [0, 0.05) is 12.2 Å². The molecule has 0 saturated heterocycles. The van der Waals surface area contributed by atoms with E-state index < -0.39 is 16.1 Å². The maximum absolute atomic E-state index is 13.4. The fourth-order valence-electron chi connectivity index (χ4n) is 4.70. The molecule has 0 bridgehead atoms. The number of aryl methyl sites for hydroxylation is 2. The van der Waals surface area contributed by atoms with E-state index in [1.54, 1.807) is 43.3 Å². The highest BCUT2D eigenvalue weighted by Gasteiger charge is 2.34. The third kappa shape index (κ3) is 7.34. The highest BCUT2D eigenvalue weighted by molar-refractivity contribution is 7.92. The van der Waals surface area contributed by atoms with Crippen LogP contribution < -0.4 is 24.4 Å². The van der Waals surface area contributed by atoms with E-state index in [4.69, 9.17) is 9.47 Å². The molecule has 0 unspecified atom stereocenters. The molecule has 43 heavy (non-hydrogen) atoms. The van der Waals surface area contributed by atoms with Crippen molar-refractivity contribution in [3.05, 3.63) is 114 Å². The monoisotopic (exact) mass is 599 g/mol. The molecular formula is C33H33N3O6S. The summed E-state index contributed by atoms with van der Waals surface area (Å²) in [6, 6.07) is 28.4. The first-order valence-electron chi connectivity index (χ1n) is 13.9. The molecule has 0 saturated carbocycles. The molecule has 9 nitrogen and oxygen atoms in total. The molecule has 1 aliphatic rings. The Kier molecular flexibility index (Phi) is 8.96. The van der Waals surface area contributed by atoms with Gasteiger partial charge in [0.15, 0.2) is 12.7 Å². The van der Waals surface area contributed by atoms with Gasteiger partial charge in [-0.25, -0.2) is 8.42 Å². The van der Waals surface area contributed by atoms with E-state index >= 15 is 0 Å². The summed E-state index contributed by atoms with van der Waals surface area (Å²) in [6.07, 6.45) is -0.213. The topological polar surface area (TPSA) is 114 Å². The number of carbonyl (C=O) groups is 2. The van der Waals surface area contributed by atoms with Crippen LogP contribution in [0.25, 0.3) is 0 Å². The Morgan fingerprint density at radius 2 is 1.65 bits per heavy atom. The van der Waals surface area contributed by atoms with Crippen LogP contribution in [-0.2, 0) is 26.0 Å². The molecular weight excluding hydrogens is 566 g/mol. The molecule has 2 N–H and O–H groups in total. The van der Waals surface area contributed by atoms with Gasteiger partial charge in [0.25, 0.3) is 21.8 Å². The number of benzene rings is 4. The maximum atomic E-state index is 13.4. The Hall–Kier alpha value is -4.83. The molecule has 0 aliphatic carbocycles. The second-order valence-electron chi connectivity index (χ2n) is 10.3. The molecule has 4 aromatic carbocycles. The summed E-state index contributed by atoms with van der Waals surface area (Å²) in [5.74, 6) is 0.127. The van der Waals surface area contributed by atoms with Crippen LogP contribution in [0.3, 0.4) is 0 Å². The first-order chi connectivity index (χ1) is 20.7. The van der Waals surface area contributed by atoms with Crippen LogP contribution in [0.2, 0.25) is 0 Å². The molecule has 222 valence electrons. The first-order valence-corrected chi connectivity index (χ1v) is 15.4. The molecule has 0 radical (unpaired) electrons. The average Bonchev–Trinajstić information content (AvgIpc) is 3.01. The smallest absolute Gasteiger partial charge is 0.265 e. The van der Waals surface area contributed by atoms with Gasteiger partial charge in [-0.3, -0.25) is 14.3 Å². The zero-order valence-corrected chi connectivity index (χ0v) is 24.8. The molecule has 5 rings (SSSR count). The number of amides is 2. The van der Waals surface area contributed by atoms with E-state index in [1.165, 1.54) is 23.1 Å². The second kappa shape index (κ2) is 13.0. The van der Waals surface area contributed by atoms with Crippen molar-refractivity contribution >= 4 is 33.2 Å². The van der Waals surface area contributed by atoms with Crippen LogP contribution in [0.5, 0.6) is 11.5 Å². The second-order valence-corrected chi connectivity index (χ2v) is 12.0. The SMILES string of the molecule is Cc1ccc(NS(=O)(=O)c2ccc(OCC(=O)N3C[C@H](C(=O)NCCc4ccccc4)Oc4ccccc43)c(C)c2)cc1. The molecule has 1 atom stereocenters. The summed E-state index contributed by atoms with van der Waals surface area (Å²) in [7, 11) is -3.82. The average molecular weight is 600 g/mol. The number of hydrogen-bond acceptors (Lipinski definition) is 6. The van der Waals surface area contributed by atoms with E-state index in [0.717, 1.165) is 11.1 Å². The number of carbonyl (C=O) groups excluding carboxylic acids is 2. The number of anilines is 2. The lowest BCUT2D eigenvalue weighted by Crippen LogP contribution is -2.52. The van der Waals surface area contributed by atoms with Crippen molar-refractivity contribution in [3.8, 4) is 11.5 Å². The van der Waals surface area contributed by atoms with Crippen molar-refractivity contribution in [3.63, 3.8) is 0 Å². The Morgan fingerprint density at radius 1 is 0.930 bits per heavy atom. The fraction of sp³-hybridized carbons (Fsp3) is 0.212. The number of para-hydroxylation sites is 2. The Labute approximate surface area is 251 Å². The van der Waals surface area contributed by atoms with E-state index in [1.807, 2.05) is 49.4 Å². The zero-order valence-electron chi connectivity index (χ0n) is 23.9. The minimum Gasteiger partial charge on any atom is -0.483 e. The van der Waals surface area contributed by atoms with Crippen LogP contribution in [-0.4, -0.2) is 46.0 Å². The number of nitrogens with zero attached hydrogens (tertiary/aromatic N) is 1. The summed E-state index contributed by atoms with van der Waals surface area (Å²) >= 11 is 0. The van der Waals surface area contributed by atoms with Crippen molar-refractivity contribution < 1.29 is 27.5 Å². The number of nitrogens with one attached hydrogen (secondary N) is 2. The lowest BCUT2D eigenvalue weighted by molar-refractivity contribution is -0.128. The third-order valence-corrected chi connectivity index (χ3v) is 8.41. The normalized spacial score (nSPS) is 14.3. The predicted molar refractivity (Wildman–Crippen MR) is 165 cm³/mol. The van der Waals surface area contributed by atoms with E-state index in [0.29, 0.717) is 41.4 Å². The van der Waals surface area contributed by atoms with Gasteiger partial charge in [-0.1, -0.05) is 60.2 Å². The summed E-state index contributed by atoms with van der Waals surface area (Å²) in [4.78, 5) is 27.9. The molecule has 4 aromatic rings. The van der Waals surface area contributed by atoms with Gasteiger partial charge < -0.3 is 19.7 Å². The van der Waals surface area contributed by atoms with Crippen LogP contribution in [0.15, 0.2) is 102 Å². The van der Waals surface area contributed by atoms with Crippen LogP contribution in [0.4, 0.5) is 11.4 Å². The van der Waals surface area contributed by atoms with Gasteiger partial charge in [0.2, 0.25) is 0 Å². The van der Waals surface area contributed by atoms with Crippen molar-refractivity contribution in [2.24, 2.45) is 0 Å². The predicted octanol–water partition coefficient (Wildman–Crippen LogP) is 4.64. The minimum atomic E-state index is -3.82. The molecule has 10 heteroatoms. The van der Waals surface area contributed by atoms with Crippen LogP contribution in [0.1, 0.15) is 16.7 Å². The highest BCUT2D eigenvalue weighted by atomic mass is 32.2. The quantitative estimate of drug-likeness (QED) is 0.275. The van der Waals surface area contributed by atoms with E-state index in [2.05, 4.69) is 10.0 Å². The van der Waals surface area contributed by atoms with Gasteiger partial charge in [0.1, 0.15) is 11.5 Å². The van der Waals surface area contributed by atoms with E-state index in [9.17, 15) is 18.0 Å². The van der Waals surface area contributed by atoms with Gasteiger partial charge >= 0.3 is 0 Å². The Morgan fingerprint density at radius 3 is 2.40 bits per heavy atom. The molecule has 1 aliphatic heterocycles. The first kappa shape index (κ1) is 29.7. The number of fused-ring (bicyclic) bond motifs is 1. The molecule has 0 fully saturated rings. The lowest BCUT2D eigenvalue weighted by Gasteiger charge is -2.34. The largest absolute Gasteiger partial charge is 0.483 e. The Balaban J connectivity index is 1.22. The summed E-state index contributed by atoms with van der Waals surface area (Å²) < 4.78 is 40.2. The van der Waals surface area contributed by atoms with E-state index in [-0.39, 0.29) is 29.9 Å². The van der Waals surface area contributed by atoms with Gasteiger partial charge in [-0.15, -0.1) is 0 Å². The summed E-state index contributed by atoms with van der Waals surface area (Å²) in [6.45, 7) is 3.78. The number of ether oxygens (including phenoxy) is 2. The highest BCUT2D eigenvalue weighted by Crippen LogP contribution is 2.33. The van der Waals surface area contributed by atoms with Crippen molar-refractivity contribution in [1.82, 2.24) is 5.32 Å². The van der Waals surface area contributed by atoms with Crippen LogP contribution in [0, 0.1) is 13.8 Å². The van der Waals surface area contributed by atoms with Crippen molar-refractivity contribution in [2.75, 3.05) is 29.3 Å². The minimum absolute atomic E-state index is 0.0250. The number of hydrogen-bond donors (Lipinski definition) is 2. The van der Waals surface area contributed by atoms with Crippen molar-refractivity contribution in [2.45, 2.75) is 31.3 Å². The Bertz CT molecular complexity index is 1710. The van der Waals surface area contributed by atoms with Crippen molar-refractivity contribution in [1.29, 1.82) is 0 Å². The summed E-state index contributed by atoms with van der Waals surface area (Å²) in [5.41, 5.74) is 3.69. The van der Waals surface area contributed by atoms with Gasteiger partial charge in [0.05, 0.1) is 17.1 Å². The van der Waals surface area contributed by atoms with Gasteiger partial charge in [-0.2, -0.15) is 0 Å². The molecule has 0 aromatic heterocycles. The molecule has 0 spiro atoms. The standard InChI is InChI=1S/C33H33N3O6S/c1-23-12-14-26(15-13-23)35-43(39,40)27-16-17-29(24(2)20-27)41-22-32(37)36-21-31(42-30-11-7-6-10-28(30)36)33(38)34-19-18-25-8-4-3-5-9-25/h3-17,20,31,35H,18-19,21-22H2,1-2H3,(H,34,38)/t31-/m1/s1.